The predicted octanol–water partition coefficient (Wildman–Crippen LogP) is 2.92. The molecule has 0 spiro atoms. The van der Waals surface area contributed by atoms with Crippen molar-refractivity contribution < 1.29 is 0 Å². The van der Waals surface area contributed by atoms with Crippen molar-refractivity contribution in [3.05, 3.63) is 44.6 Å². The average molecular weight is 298 g/mol. The molecule has 16 heavy (non-hydrogen) atoms. The van der Waals surface area contributed by atoms with E-state index in [2.05, 4.69) is 44.2 Å². The van der Waals surface area contributed by atoms with Crippen LogP contribution in [0.15, 0.2) is 28.4 Å². The summed E-state index contributed by atoms with van der Waals surface area (Å²) in [5.41, 5.74) is 2.20. The van der Waals surface area contributed by atoms with E-state index in [0.717, 1.165) is 5.69 Å². The molecule has 0 fully saturated rings. The number of aromatic nitrogens is 2. The van der Waals surface area contributed by atoms with E-state index in [1.807, 2.05) is 7.05 Å². The second-order valence-corrected chi connectivity index (χ2v) is 5.86. The molecular formula is C11H12BrN3S. The van der Waals surface area contributed by atoms with E-state index < -0.39 is 0 Å². The Morgan fingerprint density at radius 1 is 1.44 bits per heavy atom. The van der Waals surface area contributed by atoms with Gasteiger partial charge in [0.15, 0.2) is 0 Å². The lowest BCUT2D eigenvalue weighted by Crippen LogP contribution is -2.17. The normalized spacial score (nSPS) is 12.7. The van der Waals surface area contributed by atoms with Crippen LogP contribution in [0.5, 0.6) is 0 Å². The van der Waals surface area contributed by atoms with E-state index in [-0.39, 0.29) is 6.04 Å². The Kier molecular flexibility index (Phi) is 3.68. The molecule has 2 heterocycles. The highest BCUT2D eigenvalue weighted by atomic mass is 79.9. The maximum Gasteiger partial charge on any atom is 0.0858 e. The summed E-state index contributed by atoms with van der Waals surface area (Å²) in [4.78, 5) is 9.67. The van der Waals surface area contributed by atoms with Gasteiger partial charge in [-0.25, -0.2) is 0 Å². The van der Waals surface area contributed by atoms with Crippen LogP contribution in [0.2, 0.25) is 0 Å². The number of nitrogens with zero attached hydrogens (tertiary/aromatic N) is 2. The Hall–Kier alpha value is -0.780. The standard InChI is InChI=1S/C11H12BrN3S/c1-7-5-9(16-11(7)12)10(13-2)8-6-14-3-4-15-8/h3-6,10,13H,1-2H3. The number of nitrogens with one attached hydrogen (secondary N) is 1. The quantitative estimate of drug-likeness (QED) is 0.947. The first-order chi connectivity index (χ1) is 7.72. The van der Waals surface area contributed by atoms with Crippen molar-refractivity contribution in [1.82, 2.24) is 15.3 Å². The summed E-state index contributed by atoms with van der Waals surface area (Å²) >= 11 is 5.27. The summed E-state index contributed by atoms with van der Waals surface area (Å²) in [6, 6.07) is 2.29. The van der Waals surface area contributed by atoms with E-state index in [1.165, 1.54) is 14.2 Å². The van der Waals surface area contributed by atoms with Crippen molar-refractivity contribution in [3.63, 3.8) is 0 Å². The van der Waals surface area contributed by atoms with Crippen LogP contribution < -0.4 is 5.32 Å². The largest absolute Gasteiger partial charge is 0.307 e. The van der Waals surface area contributed by atoms with Crippen LogP contribution in [0.1, 0.15) is 22.2 Å². The molecule has 1 N–H and O–H groups in total. The van der Waals surface area contributed by atoms with Crippen molar-refractivity contribution in [2.45, 2.75) is 13.0 Å². The number of thiophene rings is 1. The zero-order chi connectivity index (χ0) is 11.5. The molecule has 0 aliphatic carbocycles. The van der Waals surface area contributed by atoms with Gasteiger partial charge in [-0.2, -0.15) is 0 Å². The van der Waals surface area contributed by atoms with Crippen LogP contribution in [-0.2, 0) is 0 Å². The Balaban J connectivity index is 2.37. The van der Waals surface area contributed by atoms with Gasteiger partial charge in [0.1, 0.15) is 0 Å². The highest BCUT2D eigenvalue weighted by Gasteiger charge is 2.16. The van der Waals surface area contributed by atoms with Gasteiger partial charge < -0.3 is 5.32 Å². The van der Waals surface area contributed by atoms with Gasteiger partial charge in [-0.05, 0) is 41.5 Å². The lowest BCUT2D eigenvalue weighted by atomic mass is 10.1. The zero-order valence-corrected chi connectivity index (χ0v) is 11.5. The number of rotatable bonds is 3. The first-order valence-electron chi connectivity index (χ1n) is 4.91. The lowest BCUT2D eigenvalue weighted by molar-refractivity contribution is 0.677. The highest BCUT2D eigenvalue weighted by Crippen LogP contribution is 2.33. The van der Waals surface area contributed by atoms with E-state index in [4.69, 9.17) is 0 Å². The van der Waals surface area contributed by atoms with Crippen molar-refractivity contribution in [2.24, 2.45) is 0 Å². The number of hydrogen-bond acceptors (Lipinski definition) is 4. The van der Waals surface area contributed by atoms with E-state index in [1.54, 1.807) is 29.9 Å². The van der Waals surface area contributed by atoms with Crippen molar-refractivity contribution >= 4 is 27.3 Å². The van der Waals surface area contributed by atoms with Gasteiger partial charge in [0, 0.05) is 17.3 Å². The molecule has 2 rings (SSSR count). The molecule has 0 saturated heterocycles. The Morgan fingerprint density at radius 3 is 2.75 bits per heavy atom. The molecule has 0 saturated carbocycles. The van der Waals surface area contributed by atoms with Crippen LogP contribution >= 0.6 is 27.3 Å². The molecule has 0 aromatic carbocycles. The minimum atomic E-state index is 0.115. The Morgan fingerprint density at radius 2 is 2.25 bits per heavy atom. The van der Waals surface area contributed by atoms with E-state index in [0.29, 0.717) is 0 Å². The summed E-state index contributed by atoms with van der Waals surface area (Å²) in [6.45, 7) is 2.09. The van der Waals surface area contributed by atoms with Crippen LogP contribution in [0.4, 0.5) is 0 Å². The smallest absolute Gasteiger partial charge is 0.0858 e. The molecule has 2 aromatic heterocycles. The molecule has 2 aromatic rings. The van der Waals surface area contributed by atoms with Gasteiger partial charge in [0.05, 0.1) is 21.7 Å². The van der Waals surface area contributed by atoms with Gasteiger partial charge in [0.25, 0.3) is 0 Å². The third kappa shape index (κ3) is 2.31. The molecule has 0 amide bonds. The van der Waals surface area contributed by atoms with Crippen LogP contribution in [0, 0.1) is 6.92 Å². The second kappa shape index (κ2) is 5.03. The summed E-state index contributed by atoms with van der Waals surface area (Å²) < 4.78 is 1.17. The van der Waals surface area contributed by atoms with Gasteiger partial charge in [-0.3, -0.25) is 9.97 Å². The molecule has 0 aliphatic heterocycles. The summed E-state index contributed by atoms with van der Waals surface area (Å²) in [5, 5.41) is 3.26. The SMILES string of the molecule is CNC(c1cnccn1)c1cc(C)c(Br)s1. The third-order valence-electron chi connectivity index (χ3n) is 2.33. The lowest BCUT2D eigenvalue weighted by Gasteiger charge is -2.12. The summed E-state index contributed by atoms with van der Waals surface area (Å²) in [5.74, 6) is 0. The molecule has 5 heteroatoms. The first kappa shape index (κ1) is 11.7. The minimum Gasteiger partial charge on any atom is -0.307 e. The van der Waals surface area contributed by atoms with Crippen molar-refractivity contribution in [3.8, 4) is 0 Å². The Labute approximate surface area is 107 Å². The van der Waals surface area contributed by atoms with E-state index >= 15 is 0 Å². The highest BCUT2D eigenvalue weighted by molar-refractivity contribution is 9.11. The molecule has 0 bridgehead atoms. The second-order valence-electron chi connectivity index (χ2n) is 3.46. The van der Waals surface area contributed by atoms with Crippen molar-refractivity contribution in [1.29, 1.82) is 0 Å². The van der Waals surface area contributed by atoms with Gasteiger partial charge in [-0.15, -0.1) is 11.3 Å². The fourth-order valence-corrected chi connectivity index (χ4v) is 3.22. The topological polar surface area (TPSA) is 37.8 Å². The molecule has 0 radical (unpaired) electrons. The molecule has 84 valence electrons. The van der Waals surface area contributed by atoms with Crippen LogP contribution in [0.3, 0.4) is 0 Å². The Bertz CT molecular complexity index is 450. The molecular weight excluding hydrogens is 286 g/mol. The maximum absolute atomic E-state index is 4.33. The van der Waals surface area contributed by atoms with E-state index in [9.17, 15) is 0 Å². The van der Waals surface area contributed by atoms with Crippen molar-refractivity contribution in [2.75, 3.05) is 7.05 Å². The molecule has 0 aliphatic rings. The average Bonchev–Trinajstić information content (AvgIpc) is 2.61. The summed E-state index contributed by atoms with van der Waals surface area (Å²) in [6.07, 6.45) is 5.20. The monoisotopic (exact) mass is 297 g/mol. The van der Waals surface area contributed by atoms with Crippen LogP contribution in [-0.4, -0.2) is 17.0 Å². The van der Waals surface area contributed by atoms with Gasteiger partial charge in [-0.1, -0.05) is 0 Å². The number of aryl methyl sites for hydroxylation is 1. The maximum atomic E-state index is 4.33. The van der Waals surface area contributed by atoms with Crippen LogP contribution in [0.25, 0.3) is 0 Å². The number of hydrogen-bond donors (Lipinski definition) is 1. The first-order valence-corrected chi connectivity index (χ1v) is 6.52. The third-order valence-corrected chi connectivity index (χ3v) is 4.53. The van der Waals surface area contributed by atoms with Gasteiger partial charge >= 0.3 is 0 Å². The fraction of sp³-hybridized carbons (Fsp3) is 0.273. The minimum absolute atomic E-state index is 0.115. The van der Waals surface area contributed by atoms with Gasteiger partial charge in [0.2, 0.25) is 0 Å². The number of halogens is 1. The zero-order valence-electron chi connectivity index (χ0n) is 9.07. The summed E-state index contributed by atoms with van der Waals surface area (Å²) in [7, 11) is 1.93. The molecule has 1 atom stereocenters. The molecule has 1 unspecified atom stereocenters. The fourth-order valence-electron chi connectivity index (χ4n) is 1.52. The molecule has 3 nitrogen and oxygen atoms in total. The predicted molar refractivity (Wildman–Crippen MR) is 69.7 cm³/mol.